The molecule has 0 aliphatic heterocycles. The lowest BCUT2D eigenvalue weighted by Gasteiger charge is -2.00. The fourth-order valence-electron chi connectivity index (χ4n) is 2.07. The van der Waals surface area contributed by atoms with Crippen LogP contribution in [0, 0.1) is 0 Å². The van der Waals surface area contributed by atoms with Crippen LogP contribution in [0.5, 0.6) is 0 Å². The Bertz CT molecular complexity index is 498. The summed E-state index contributed by atoms with van der Waals surface area (Å²) in [5, 5.41) is 4.38. The second kappa shape index (κ2) is 3.46. The Morgan fingerprint density at radius 2 is 1.94 bits per heavy atom. The highest BCUT2D eigenvalue weighted by molar-refractivity contribution is 5.59. The second-order valence-electron chi connectivity index (χ2n) is 4.50. The van der Waals surface area contributed by atoms with Gasteiger partial charge in [0.05, 0.1) is 5.69 Å². The van der Waals surface area contributed by atoms with Gasteiger partial charge in [-0.25, -0.2) is 0 Å². The van der Waals surface area contributed by atoms with Crippen molar-refractivity contribution in [3.05, 3.63) is 42.1 Å². The van der Waals surface area contributed by atoms with E-state index in [9.17, 15) is 0 Å². The predicted molar refractivity (Wildman–Crippen MR) is 64.0 cm³/mol. The van der Waals surface area contributed by atoms with Crippen LogP contribution in [0.1, 0.15) is 17.9 Å². The Kier molecular flexibility index (Phi) is 2.07. The van der Waals surface area contributed by atoms with E-state index in [-0.39, 0.29) is 0 Å². The highest BCUT2D eigenvalue weighted by atomic mass is 15.2. The summed E-state index contributed by atoms with van der Waals surface area (Å²) in [5.74, 6) is 0.581. The molecule has 3 nitrogen and oxygen atoms in total. The van der Waals surface area contributed by atoms with Gasteiger partial charge in [0.25, 0.3) is 0 Å². The van der Waals surface area contributed by atoms with Crippen molar-refractivity contribution < 1.29 is 0 Å². The minimum absolute atomic E-state index is 0.376. The Morgan fingerprint density at radius 1 is 1.25 bits per heavy atom. The summed E-state index contributed by atoms with van der Waals surface area (Å²) in [6.45, 7) is 0. The molecule has 16 heavy (non-hydrogen) atoms. The lowest BCUT2D eigenvalue weighted by Crippen LogP contribution is -2.00. The third-order valence-electron chi connectivity index (χ3n) is 3.19. The fourth-order valence-corrected chi connectivity index (χ4v) is 2.07. The zero-order chi connectivity index (χ0) is 11.1. The maximum atomic E-state index is 5.84. The molecule has 1 heterocycles. The van der Waals surface area contributed by atoms with Gasteiger partial charge in [0, 0.05) is 30.8 Å². The number of nitrogens with two attached hydrogens (primary N) is 1. The first-order valence-corrected chi connectivity index (χ1v) is 5.59. The van der Waals surface area contributed by atoms with E-state index in [4.69, 9.17) is 5.73 Å². The molecule has 3 heteroatoms. The molecule has 1 aliphatic rings. The van der Waals surface area contributed by atoms with Gasteiger partial charge in [0.1, 0.15) is 0 Å². The average molecular weight is 213 g/mol. The maximum Gasteiger partial charge on any atom is 0.0923 e. The molecule has 1 saturated carbocycles. The molecule has 2 atom stereocenters. The number of aromatic nitrogens is 2. The van der Waals surface area contributed by atoms with Crippen LogP contribution in [-0.4, -0.2) is 15.8 Å². The van der Waals surface area contributed by atoms with E-state index >= 15 is 0 Å². The molecule has 2 unspecified atom stereocenters. The van der Waals surface area contributed by atoms with Crippen LogP contribution in [0.3, 0.4) is 0 Å². The Hall–Kier alpha value is -1.61. The van der Waals surface area contributed by atoms with Crippen LogP contribution < -0.4 is 5.73 Å². The van der Waals surface area contributed by atoms with Crippen LogP contribution in [-0.2, 0) is 7.05 Å². The van der Waals surface area contributed by atoms with Crippen LogP contribution in [0.15, 0.2) is 36.5 Å². The highest BCUT2D eigenvalue weighted by Gasteiger charge is 2.34. The maximum absolute atomic E-state index is 5.84. The van der Waals surface area contributed by atoms with Crippen molar-refractivity contribution in [2.75, 3.05) is 0 Å². The Labute approximate surface area is 94.9 Å². The molecular weight excluding hydrogens is 198 g/mol. The third-order valence-corrected chi connectivity index (χ3v) is 3.19. The summed E-state index contributed by atoms with van der Waals surface area (Å²) in [4.78, 5) is 0. The first kappa shape index (κ1) is 9.60. The molecular formula is C13H15N3. The van der Waals surface area contributed by atoms with Crippen LogP contribution in [0.4, 0.5) is 0 Å². The van der Waals surface area contributed by atoms with E-state index in [1.807, 2.05) is 24.0 Å². The molecule has 0 saturated heterocycles. The molecule has 2 aromatic rings. The van der Waals surface area contributed by atoms with Gasteiger partial charge in [-0.15, -0.1) is 0 Å². The number of benzene rings is 1. The number of hydrogen-bond donors (Lipinski definition) is 1. The summed E-state index contributed by atoms with van der Waals surface area (Å²) in [7, 11) is 1.93. The Balaban J connectivity index is 1.87. The average Bonchev–Trinajstić information content (AvgIpc) is 2.86. The van der Waals surface area contributed by atoms with E-state index in [1.54, 1.807) is 0 Å². The summed E-state index contributed by atoms with van der Waals surface area (Å²) < 4.78 is 1.82. The van der Waals surface area contributed by atoms with Gasteiger partial charge in [0.15, 0.2) is 0 Å². The molecule has 3 rings (SSSR count). The topological polar surface area (TPSA) is 43.8 Å². The van der Waals surface area contributed by atoms with Crippen molar-refractivity contribution in [2.45, 2.75) is 18.4 Å². The normalized spacial score (nSPS) is 23.4. The number of aryl methyl sites for hydroxylation is 1. The first-order chi connectivity index (χ1) is 7.74. The van der Waals surface area contributed by atoms with Crippen molar-refractivity contribution in [1.82, 2.24) is 9.78 Å². The quantitative estimate of drug-likeness (QED) is 0.828. The van der Waals surface area contributed by atoms with Crippen LogP contribution >= 0.6 is 0 Å². The first-order valence-electron chi connectivity index (χ1n) is 5.59. The molecule has 1 fully saturated rings. The summed E-state index contributed by atoms with van der Waals surface area (Å²) in [6.07, 6.45) is 3.09. The van der Waals surface area contributed by atoms with Gasteiger partial charge in [-0.1, -0.05) is 24.3 Å². The van der Waals surface area contributed by atoms with Crippen molar-refractivity contribution in [2.24, 2.45) is 12.8 Å². The van der Waals surface area contributed by atoms with E-state index in [1.165, 1.54) is 11.1 Å². The van der Waals surface area contributed by atoms with E-state index in [0.717, 1.165) is 12.1 Å². The smallest absolute Gasteiger partial charge is 0.0923 e. The number of rotatable bonds is 2. The highest BCUT2D eigenvalue weighted by Crippen LogP contribution is 2.39. The molecule has 0 amide bonds. The molecule has 0 bridgehead atoms. The molecule has 1 aliphatic carbocycles. The van der Waals surface area contributed by atoms with E-state index in [2.05, 4.69) is 29.4 Å². The SMILES string of the molecule is Cn1ccc(-c2ccc(C3CC3N)cc2)n1. The van der Waals surface area contributed by atoms with Gasteiger partial charge < -0.3 is 5.73 Å². The lowest BCUT2D eigenvalue weighted by atomic mass is 10.1. The molecule has 1 aromatic heterocycles. The minimum atomic E-state index is 0.376. The van der Waals surface area contributed by atoms with Gasteiger partial charge in [-0.05, 0) is 18.1 Å². The van der Waals surface area contributed by atoms with Crippen LogP contribution in [0.2, 0.25) is 0 Å². The standard InChI is InChI=1S/C13H15N3/c1-16-7-6-13(15-16)10-4-2-9(3-5-10)11-8-12(11)14/h2-7,11-12H,8,14H2,1H3. The molecule has 0 radical (unpaired) electrons. The van der Waals surface area contributed by atoms with Crippen LogP contribution in [0.25, 0.3) is 11.3 Å². The van der Waals surface area contributed by atoms with E-state index < -0.39 is 0 Å². The lowest BCUT2D eigenvalue weighted by molar-refractivity contribution is 0.771. The largest absolute Gasteiger partial charge is 0.327 e. The van der Waals surface area contributed by atoms with Gasteiger partial charge in [-0.2, -0.15) is 5.10 Å². The van der Waals surface area contributed by atoms with E-state index in [0.29, 0.717) is 12.0 Å². The fraction of sp³-hybridized carbons (Fsp3) is 0.308. The van der Waals surface area contributed by atoms with Crippen molar-refractivity contribution >= 4 is 0 Å². The van der Waals surface area contributed by atoms with Gasteiger partial charge in [0.2, 0.25) is 0 Å². The monoisotopic (exact) mass is 213 g/mol. The Morgan fingerprint density at radius 3 is 2.44 bits per heavy atom. The minimum Gasteiger partial charge on any atom is -0.327 e. The third kappa shape index (κ3) is 1.63. The summed E-state index contributed by atoms with van der Waals surface area (Å²) >= 11 is 0. The predicted octanol–water partition coefficient (Wildman–Crippen LogP) is 1.90. The number of nitrogens with zero attached hydrogens (tertiary/aromatic N) is 2. The molecule has 0 spiro atoms. The molecule has 2 N–H and O–H groups in total. The number of hydrogen-bond acceptors (Lipinski definition) is 2. The zero-order valence-electron chi connectivity index (χ0n) is 9.30. The van der Waals surface area contributed by atoms with Crippen molar-refractivity contribution in [3.8, 4) is 11.3 Å². The van der Waals surface area contributed by atoms with Crippen molar-refractivity contribution in [3.63, 3.8) is 0 Å². The van der Waals surface area contributed by atoms with Gasteiger partial charge >= 0.3 is 0 Å². The van der Waals surface area contributed by atoms with Gasteiger partial charge in [-0.3, -0.25) is 4.68 Å². The second-order valence-corrected chi connectivity index (χ2v) is 4.50. The summed E-state index contributed by atoms with van der Waals surface area (Å²) in [5.41, 5.74) is 9.38. The summed E-state index contributed by atoms with van der Waals surface area (Å²) in [6, 6.07) is 11.0. The van der Waals surface area contributed by atoms with Crippen molar-refractivity contribution in [1.29, 1.82) is 0 Å². The molecule has 1 aromatic carbocycles. The zero-order valence-corrected chi connectivity index (χ0v) is 9.30. The molecule has 82 valence electrons.